The summed E-state index contributed by atoms with van der Waals surface area (Å²) in [4.78, 5) is 21.3. The number of ether oxygens (including phenoxy) is 1. The predicted octanol–water partition coefficient (Wildman–Crippen LogP) is 5.50. The number of imidazole rings is 2. The van der Waals surface area contributed by atoms with Gasteiger partial charge in [0.25, 0.3) is 5.56 Å². The molecule has 15 heteroatoms. The molecule has 2 atom stereocenters. The van der Waals surface area contributed by atoms with Gasteiger partial charge in [-0.15, -0.1) is 0 Å². The van der Waals surface area contributed by atoms with E-state index in [4.69, 9.17) is 16.3 Å². The highest BCUT2D eigenvalue weighted by Crippen LogP contribution is 2.28. The van der Waals surface area contributed by atoms with Crippen molar-refractivity contribution in [1.82, 2.24) is 38.6 Å². The van der Waals surface area contributed by atoms with E-state index in [1.54, 1.807) is 77.5 Å². The van der Waals surface area contributed by atoms with E-state index >= 15 is 0 Å². The van der Waals surface area contributed by atoms with E-state index in [-0.39, 0.29) is 17.9 Å². The van der Waals surface area contributed by atoms with Crippen molar-refractivity contribution in [3.8, 4) is 16.9 Å². The first-order valence-electron chi connectivity index (χ1n) is 14.8. The number of aliphatic hydroxyl groups excluding tert-OH is 2. The van der Waals surface area contributed by atoms with Gasteiger partial charge in [-0.1, -0.05) is 35.4 Å². The molecule has 2 N–H and O–H groups in total. The number of aromatic nitrogens is 8. The summed E-state index contributed by atoms with van der Waals surface area (Å²) in [5, 5.41) is 28.7. The highest BCUT2D eigenvalue weighted by atomic mass is 35.5. The van der Waals surface area contributed by atoms with Crippen LogP contribution in [-0.4, -0.2) is 55.4 Å². The van der Waals surface area contributed by atoms with Crippen LogP contribution in [0.5, 0.6) is 5.75 Å². The summed E-state index contributed by atoms with van der Waals surface area (Å²) in [6.45, 7) is 2.39. The van der Waals surface area contributed by atoms with Gasteiger partial charge in [-0.3, -0.25) is 14.2 Å². The third-order valence-corrected chi connectivity index (χ3v) is 8.05. The van der Waals surface area contributed by atoms with Gasteiger partial charge in [0.1, 0.15) is 5.75 Å². The zero-order valence-corrected chi connectivity index (χ0v) is 27.0. The van der Waals surface area contributed by atoms with E-state index in [1.807, 2.05) is 25.1 Å². The van der Waals surface area contributed by atoms with Gasteiger partial charge in [0, 0.05) is 24.2 Å². The Hall–Kier alpha value is -5.18. The van der Waals surface area contributed by atoms with Crippen LogP contribution in [0.3, 0.4) is 0 Å². The second-order valence-electron chi connectivity index (χ2n) is 11.3. The fraction of sp³-hybridized carbons (Fsp3) is 0.242. The zero-order valence-electron chi connectivity index (χ0n) is 26.3. The highest BCUT2D eigenvalue weighted by molar-refractivity contribution is 6.30. The predicted molar refractivity (Wildman–Crippen MR) is 175 cm³/mol. The first-order valence-corrected chi connectivity index (χ1v) is 15.2. The maximum absolute atomic E-state index is 13.0. The summed E-state index contributed by atoms with van der Waals surface area (Å²) in [6.07, 6.45) is 5.06. The molecule has 0 aliphatic carbocycles. The number of alkyl halides is 2. The number of benzene rings is 2. The van der Waals surface area contributed by atoms with Gasteiger partial charge in [-0.25, -0.2) is 19.0 Å². The number of fused-ring (bicyclic) bond motifs is 3. The quantitative estimate of drug-likeness (QED) is 0.226. The number of hydrogen-bond donors (Lipinski definition) is 2. The molecule has 7 aromatic rings. The molecule has 2 aromatic carbocycles. The van der Waals surface area contributed by atoms with Crippen LogP contribution in [-0.2, 0) is 13.6 Å². The summed E-state index contributed by atoms with van der Waals surface area (Å²) in [6, 6.07) is 14.0. The van der Waals surface area contributed by atoms with Gasteiger partial charge in [-0.05, 0) is 50.6 Å². The molecular weight excluding hydrogens is 646 g/mol. The van der Waals surface area contributed by atoms with E-state index in [2.05, 4.69) is 20.2 Å². The average molecular weight is 677 g/mol. The average Bonchev–Trinajstić information content (AvgIpc) is 3.73. The van der Waals surface area contributed by atoms with Crippen LogP contribution < -0.4 is 10.3 Å². The monoisotopic (exact) mass is 676 g/mol. The van der Waals surface area contributed by atoms with Crippen molar-refractivity contribution >= 4 is 33.8 Å². The van der Waals surface area contributed by atoms with Crippen molar-refractivity contribution < 1.29 is 23.7 Å². The first-order chi connectivity index (χ1) is 22.9. The second-order valence-corrected chi connectivity index (χ2v) is 11.7. The normalized spacial score (nSPS) is 12.9. The van der Waals surface area contributed by atoms with Crippen LogP contribution >= 0.6 is 11.6 Å². The smallest absolute Gasteiger partial charge is 0.387 e. The Labute approximate surface area is 277 Å². The second kappa shape index (κ2) is 13.1. The maximum atomic E-state index is 13.0. The molecule has 5 aromatic heterocycles. The molecule has 48 heavy (non-hydrogen) atoms. The molecule has 0 fully saturated rings. The summed E-state index contributed by atoms with van der Waals surface area (Å²) >= 11 is 5.73. The van der Waals surface area contributed by atoms with Gasteiger partial charge in [0.15, 0.2) is 11.3 Å². The first kappa shape index (κ1) is 32.7. The molecule has 0 saturated carbocycles. The fourth-order valence-corrected chi connectivity index (χ4v) is 5.58. The lowest BCUT2D eigenvalue weighted by Crippen LogP contribution is -2.20. The Kier molecular flexibility index (Phi) is 8.97. The minimum absolute atomic E-state index is 0.0685. The van der Waals surface area contributed by atoms with Crippen LogP contribution in [0.4, 0.5) is 8.78 Å². The van der Waals surface area contributed by atoms with Crippen molar-refractivity contribution in [2.45, 2.75) is 46.1 Å². The SMILES string of the molecule is CC(O)c1cnc2cc(Cl)cnn12.Cc1ccc(OC(F)F)c(Cn2c3cc(-c4cnn5c(C(C)O)cnc5c4)ccc3c(=O)n2C)c1. The zero-order chi connectivity index (χ0) is 34.3. The fourth-order valence-electron chi connectivity index (χ4n) is 5.44. The summed E-state index contributed by atoms with van der Waals surface area (Å²) in [5.41, 5.74) is 5.93. The van der Waals surface area contributed by atoms with Gasteiger partial charge >= 0.3 is 6.61 Å². The van der Waals surface area contributed by atoms with Crippen molar-refractivity contribution in [3.63, 3.8) is 0 Å². The van der Waals surface area contributed by atoms with Crippen LogP contribution in [0.1, 0.15) is 48.6 Å². The summed E-state index contributed by atoms with van der Waals surface area (Å²) < 4.78 is 37.0. The standard InChI is InChI=1S/C25H23F2N5O3.C8H8ClN3O/c1-14-4-7-22(35-25(26)27)18(8-14)13-31-20-9-16(5-6-19(20)24(34)30(31)3)17-10-23-28-12-21(15(2)33)32(23)29-11-17;1-5(13)7-4-10-8-2-6(9)3-11-12(7)8/h4-12,15,25,33H,13H2,1-3H3;2-5,13H,1H3. The van der Waals surface area contributed by atoms with Crippen molar-refractivity contribution in [1.29, 1.82) is 0 Å². The van der Waals surface area contributed by atoms with E-state index in [9.17, 15) is 23.8 Å². The largest absolute Gasteiger partial charge is 0.434 e. The Balaban J connectivity index is 0.000000257. The van der Waals surface area contributed by atoms with Gasteiger partial charge in [-0.2, -0.15) is 19.0 Å². The number of halogens is 3. The Morgan fingerprint density at radius 3 is 2.15 bits per heavy atom. The van der Waals surface area contributed by atoms with Crippen LogP contribution in [0.2, 0.25) is 5.02 Å². The van der Waals surface area contributed by atoms with E-state index in [0.29, 0.717) is 44.2 Å². The number of aryl methyl sites for hydroxylation is 1. The molecule has 0 aliphatic rings. The Morgan fingerprint density at radius 1 is 0.854 bits per heavy atom. The van der Waals surface area contributed by atoms with Crippen LogP contribution in [0.25, 0.3) is 33.3 Å². The van der Waals surface area contributed by atoms with E-state index in [1.165, 1.54) is 16.9 Å². The van der Waals surface area contributed by atoms with Crippen molar-refractivity contribution in [2.75, 3.05) is 0 Å². The molecular formula is C33H31ClF2N8O4. The molecule has 7 rings (SSSR count). The molecule has 0 aliphatic heterocycles. The maximum Gasteiger partial charge on any atom is 0.387 e. The lowest BCUT2D eigenvalue weighted by Gasteiger charge is -2.15. The lowest BCUT2D eigenvalue weighted by molar-refractivity contribution is -0.0505. The third-order valence-electron chi connectivity index (χ3n) is 7.85. The number of rotatable bonds is 7. The number of hydrogen-bond acceptors (Lipinski definition) is 8. The van der Waals surface area contributed by atoms with Gasteiger partial charge < -0.3 is 14.9 Å². The minimum Gasteiger partial charge on any atom is -0.434 e. The summed E-state index contributed by atoms with van der Waals surface area (Å²) in [7, 11) is 1.64. The Morgan fingerprint density at radius 2 is 1.50 bits per heavy atom. The van der Waals surface area contributed by atoms with E-state index in [0.717, 1.165) is 16.7 Å². The third kappa shape index (κ3) is 6.37. The Bertz CT molecular complexity index is 2330. The summed E-state index contributed by atoms with van der Waals surface area (Å²) in [5.74, 6) is 0.0685. The molecule has 0 bridgehead atoms. The topological polar surface area (TPSA) is 137 Å². The molecule has 0 spiro atoms. The number of nitrogens with zero attached hydrogens (tertiary/aromatic N) is 8. The molecule has 248 valence electrons. The number of aliphatic hydroxyl groups is 2. The lowest BCUT2D eigenvalue weighted by atomic mass is 10.1. The van der Waals surface area contributed by atoms with Gasteiger partial charge in [0.05, 0.1) is 70.9 Å². The van der Waals surface area contributed by atoms with Gasteiger partial charge in [0.2, 0.25) is 0 Å². The molecule has 12 nitrogen and oxygen atoms in total. The van der Waals surface area contributed by atoms with Crippen LogP contribution in [0, 0.1) is 6.92 Å². The van der Waals surface area contributed by atoms with Crippen molar-refractivity contribution in [3.05, 3.63) is 111 Å². The molecule has 2 unspecified atom stereocenters. The van der Waals surface area contributed by atoms with Crippen molar-refractivity contribution in [2.24, 2.45) is 7.05 Å². The minimum atomic E-state index is -2.95. The molecule has 0 radical (unpaired) electrons. The van der Waals surface area contributed by atoms with Crippen LogP contribution in [0.15, 0.2) is 78.1 Å². The molecule has 5 heterocycles. The molecule has 0 amide bonds. The van der Waals surface area contributed by atoms with E-state index < -0.39 is 18.8 Å². The highest BCUT2D eigenvalue weighted by Gasteiger charge is 2.17. The molecule has 0 saturated heterocycles.